The largest absolute Gasteiger partial charge is 0.338 e. The Morgan fingerprint density at radius 2 is 1.88 bits per heavy atom. The molecule has 1 aliphatic heterocycles. The minimum atomic E-state index is -0.311. The normalized spacial score (nSPS) is 13.2. The lowest BCUT2D eigenvalue weighted by atomic mass is 10.1. The van der Waals surface area contributed by atoms with Crippen LogP contribution in [0.1, 0.15) is 53.5 Å². The number of anilines is 1. The van der Waals surface area contributed by atoms with Gasteiger partial charge in [0.25, 0.3) is 11.8 Å². The van der Waals surface area contributed by atoms with Crippen molar-refractivity contribution in [2.24, 2.45) is 0 Å². The van der Waals surface area contributed by atoms with Gasteiger partial charge in [-0.1, -0.05) is 11.6 Å². The molecule has 2 amide bonds. The SMILES string of the molecule is CCN(CC)C(=O)c1nc(C(=O)Nc2ccc(Cl)cc2)n2c1CCCC2. The summed E-state index contributed by atoms with van der Waals surface area (Å²) in [6.07, 6.45) is 2.75. The Morgan fingerprint density at radius 1 is 1.19 bits per heavy atom. The van der Waals surface area contributed by atoms with Gasteiger partial charge < -0.3 is 14.8 Å². The minimum absolute atomic E-state index is 0.105. The summed E-state index contributed by atoms with van der Waals surface area (Å²) in [4.78, 5) is 31.8. The summed E-state index contributed by atoms with van der Waals surface area (Å²) < 4.78 is 1.89. The molecule has 0 aliphatic carbocycles. The predicted octanol–water partition coefficient (Wildman–Crippen LogP) is 3.61. The van der Waals surface area contributed by atoms with Crippen LogP contribution < -0.4 is 5.32 Å². The number of amides is 2. The maximum absolute atomic E-state index is 12.8. The van der Waals surface area contributed by atoms with Crippen molar-refractivity contribution < 1.29 is 9.59 Å². The fourth-order valence-electron chi connectivity index (χ4n) is 3.27. The van der Waals surface area contributed by atoms with Gasteiger partial charge in [-0.2, -0.15) is 0 Å². The summed E-state index contributed by atoms with van der Waals surface area (Å²) >= 11 is 5.88. The van der Waals surface area contributed by atoms with Crippen molar-refractivity contribution in [3.8, 4) is 0 Å². The molecule has 0 bridgehead atoms. The van der Waals surface area contributed by atoms with Crippen LogP contribution in [0.3, 0.4) is 0 Å². The van der Waals surface area contributed by atoms with Crippen LogP contribution in [0.15, 0.2) is 24.3 Å². The highest BCUT2D eigenvalue weighted by Gasteiger charge is 2.29. The van der Waals surface area contributed by atoms with Gasteiger partial charge in [0, 0.05) is 30.3 Å². The molecule has 0 fully saturated rings. The Morgan fingerprint density at radius 3 is 2.54 bits per heavy atom. The van der Waals surface area contributed by atoms with E-state index in [0.29, 0.717) is 41.9 Å². The Hall–Kier alpha value is -2.34. The molecule has 0 radical (unpaired) electrons. The molecule has 1 N–H and O–H groups in total. The number of benzene rings is 1. The number of carbonyl (C=O) groups excluding carboxylic acids is 2. The molecule has 2 aromatic rings. The van der Waals surface area contributed by atoms with Gasteiger partial charge in [-0.3, -0.25) is 9.59 Å². The lowest BCUT2D eigenvalue weighted by Crippen LogP contribution is -2.31. The minimum Gasteiger partial charge on any atom is -0.338 e. The smallest absolute Gasteiger partial charge is 0.291 e. The Bertz CT molecular complexity index is 810. The Balaban J connectivity index is 1.93. The predicted molar refractivity (Wildman–Crippen MR) is 102 cm³/mol. The van der Waals surface area contributed by atoms with Crippen LogP contribution in [0.5, 0.6) is 0 Å². The standard InChI is InChI=1S/C19H23ClN4O2/c1-3-23(4-2)19(26)16-15-7-5-6-12-24(15)17(22-16)18(25)21-14-10-8-13(20)9-11-14/h8-11H,3-7,12H2,1-2H3,(H,21,25). The molecule has 7 heteroatoms. The molecule has 0 saturated heterocycles. The third-order valence-corrected chi connectivity index (χ3v) is 4.93. The van der Waals surface area contributed by atoms with E-state index in [2.05, 4.69) is 10.3 Å². The lowest BCUT2D eigenvalue weighted by Gasteiger charge is -2.20. The van der Waals surface area contributed by atoms with Gasteiger partial charge in [0.15, 0.2) is 5.82 Å². The van der Waals surface area contributed by atoms with Gasteiger partial charge in [0.2, 0.25) is 0 Å². The molecular weight excluding hydrogens is 352 g/mol. The maximum Gasteiger partial charge on any atom is 0.291 e. The molecule has 0 spiro atoms. The summed E-state index contributed by atoms with van der Waals surface area (Å²) in [6, 6.07) is 6.91. The first-order chi connectivity index (χ1) is 12.5. The molecule has 138 valence electrons. The Kier molecular flexibility index (Phi) is 5.61. The third-order valence-electron chi connectivity index (χ3n) is 4.68. The Labute approximate surface area is 158 Å². The lowest BCUT2D eigenvalue weighted by molar-refractivity contribution is 0.0766. The van der Waals surface area contributed by atoms with E-state index >= 15 is 0 Å². The fraction of sp³-hybridized carbons (Fsp3) is 0.421. The van der Waals surface area contributed by atoms with E-state index in [0.717, 1.165) is 25.0 Å². The van der Waals surface area contributed by atoms with Crippen molar-refractivity contribution >= 4 is 29.1 Å². The second-order valence-corrected chi connectivity index (χ2v) is 6.71. The second-order valence-electron chi connectivity index (χ2n) is 6.28. The van der Waals surface area contributed by atoms with E-state index in [9.17, 15) is 9.59 Å². The van der Waals surface area contributed by atoms with E-state index < -0.39 is 0 Å². The molecule has 0 saturated carbocycles. The fourth-order valence-corrected chi connectivity index (χ4v) is 3.39. The van der Waals surface area contributed by atoms with Crippen molar-refractivity contribution in [1.82, 2.24) is 14.5 Å². The van der Waals surface area contributed by atoms with Crippen LogP contribution in [-0.4, -0.2) is 39.4 Å². The third kappa shape index (κ3) is 3.60. The van der Waals surface area contributed by atoms with Gasteiger partial charge in [-0.25, -0.2) is 4.98 Å². The first-order valence-electron chi connectivity index (χ1n) is 9.00. The van der Waals surface area contributed by atoms with Crippen LogP contribution in [0.2, 0.25) is 5.02 Å². The molecule has 26 heavy (non-hydrogen) atoms. The van der Waals surface area contributed by atoms with E-state index in [-0.39, 0.29) is 11.8 Å². The number of aromatic nitrogens is 2. The first kappa shape index (κ1) is 18.5. The summed E-state index contributed by atoms with van der Waals surface area (Å²) in [5, 5.41) is 3.44. The van der Waals surface area contributed by atoms with Crippen LogP contribution in [-0.2, 0) is 13.0 Å². The summed E-state index contributed by atoms with van der Waals surface area (Å²) in [7, 11) is 0. The quantitative estimate of drug-likeness (QED) is 0.869. The summed E-state index contributed by atoms with van der Waals surface area (Å²) in [5.41, 5.74) is 1.92. The number of imidazole rings is 1. The molecule has 3 rings (SSSR count). The zero-order chi connectivity index (χ0) is 18.7. The molecule has 0 unspecified atom stereocenters. The molecule has 2 heterocycles. The molecule has 1 aliphatic rings. The number of rotatable bonds is 5. The second kappa shape index (κ2) is 7.91. The van der Waals surface area contributed by atoms with Crippen molar-refractivity contribution in [2.45, 2.75) is 39.7 Å². The van der Waals surface area contributed by atoms with Gasteiger partial charge in [0.1, 0.15) is 5.69 Å². The highest BCUT2D eigenvalue weighted by atomic mass is 35.5. The van der Waals surface area contributed by atoms with Crippen molar-refractivity contribution in [2.75, 3.05) is 18.4 Å². The van der Waals surface area contributed by atoms with Crippen molar-refractivity contribution in [3.05, 3.63) is 46.5 Å². The number of nitrogens with zero attached hydrogens (tertiary/aromatic N) is 3. The topological polar surface area (TPSA) is 67.2 Å². The average Bonchev–Trinajstić information content (AvgIpc) is 3.04. The number of nitrogens with one attached hydrogen (secondary N) is 1. The zero-order valence-corrected chi connectivity index (χ0v) is 15.8. The number of halogens is 1. The average molecular weight is 375 g/mol. The van der Waals surface area contributed by atoms with Crippen LogP contribution in [0.4, 0.5) is 5.69 Å². The zero-order valence-electron chi connectivity index (χ0n) is 15.1. The molecule has 6 nitrogen and oxygen atoms in total. The first-order valence-corrected chi connectivity index (χ1v) is 9.38. The van der Waals surface area contributed by atoms with E-state index in [4.69, 9.17) is 11.6 Å². The van der Waals surface area contributed by atoms with Crippen molar-refractivity contribution in [1.29, 1.82) is 0 Å². The van der Waals surface area contributed by atoms with Gasteiger partial charge in [0.05, 0.1) is 5.69 Å². The van der Waals surface area contributed by atoms with Crippen LogP contribution in [0.25, 0.3) is 0 Å². The molecule has 0 atom stereocenters. The summed E-state index contributed by atoms with van der Waals surface area (Å²) in [6.45, 7) is 5.83. The van der Waals surface area contributed by atoms with E-state index in [1.165, 1.54) is 0 Å². The van der Waals surface area contributed by atoms with Crippen LogP contribution in [0, 0.1) is 0 Å². The van der Waals surface area contributed by atoms with Gasteiger partial charge in [-0.15, -0.1) is 0 Å². The van der Waals surface area contributed by atoms with Crippen LogP contribution >= 0.6 is 11.6 Å². The van der Waals surface area contributed by atoms with E-state index in [1.54, 1.807) is 29.2 Å². The van der Waals surface area contributed by atoms with Gasteiger partial charge >= 0.3 is 0 Å². The summed E-state index contributed by atoms with van der Waals surface area (Å²) in [5.74, 6) is -0.120. The number of hydrogen-bond acceptors (Lipinski definition) is 3. The number of carbonyl (C=O) groups is 2. The monoisotopic (exact) mass is 374 g/mol. The van der Waals surface area contributed by atoms with E-state index in [1.807, 2.05) is 18.4 Å². The molecule has 1 aromatic carbocycles. The molecular formula is C19H23ClN4O2. The highest BCUT2D eigenvalue weighted by Crippen LogP contribution is 2.23. The molecule has 1 aromatic heterocycles. The van der Waals surface area contributed by atoms with Crippen molar-refractivity contribution in [3.63, 3.8) is 0 Å². The maximum atomic E-state index is 12.8. The van der Waals surface area contributed by atoms with Gasteiger partial charge in [-0.05, 0) is 57.4 Å². The number of hydrogen-bond donors (Lipinski definition) is 1. The highest BCUT2D eigenvalue weighted by molar-refractivity contribution is 6.30. The number of fused-ring (bicyclic) bond motifs is 1.